The maximum absolute atomic E-state index is 2.50. The third-order valence-electron chi connectivity index (χ3n) is 12.8. The molecule has 58 heavy (non-hydrogen) atoms. The maximum Gasteiger partial charge on any atom is 0.0714 e. The molecule has 0 unspecified atom stereocenters. The summed E-state index contributed by atoms with van der Waals surface area (Å²) >= 11 is 1.91. The van der Waals surface area contributed by atoms with Gasteiger partial charge in [-0.3, -0.25) is 0 Å². The van der Waals surface area contributed by atoms with Crippen molar-refractivity contribution in [1.82, 2.24) is 9.13 Å². The Kier molecular flexibility index (Phi) is 6.56. The summed E-state index contributed by atoms with van der Waals surface area (Å²) < 4.78 is 7.64. The van der Waals surface area contributed by atoms with Crippen molar-refractivity contribution >= 4 is 75.1 Å². The molecule has 2 nitrogen and oxygen atoms in total. The van der Waals surface area contributed by atoms with Crippen molar-refractivity contribution in [2.75, 3.05) is 0 Å². The van der Waals surface area contributed by atoms with Gasteiger partial charge in [-0.05, 0) is 88.0 Å². The van der Waals surface area contributed by atoms with E-state index in [0.717, 1.165) is 11.4 Å². The number of nitrogens with zero attached hydrogens (tertiary/aromatic N) is 2. The van der Waals surface area contributed by atoms with Gasteiger partial charge in [-0.1, -0.05) is 152 Å². The molecule has 3 heteroatoms. The van der Waals surface area contributed by atoms with Crippen LogP contribution < -0.4 is 0 Å². The average Bonchev–Trinajstić information content (AvgIpc) is 4.01. The normalized spacial score (nSPS) is 13.3. The van der Waals surface area contributed by atoms with E-state index in [1.54, 1.807) is 0 Å². The fraction of sp³-hybridized carbons (Fsp3) is 0.0182. The summed E-state index contributed by atoms with van der Waals surface area (Å²) in [6, 6.07) is 76.7. The van der Waals surface area contributed by atoms with Gasteiger partial charge in [-0.15, -0.1) is 11.3 Å². The summed E-state index contributed by atoms with van der Waals surface area (Å²) in [6.07, 6.45) is 0. The van der Waals surface area contributed by atoms with Gasteiger partial charge in [0.2, 0.25) is 0 Å². The lowest BCUT2D eigenvalue weighted by Gasteiger charge is -2.34. The van der Waals surface area contributed by atoms with Crippen molar-refractivity contribution in [3.63, 3.8) is 0 Å². The first-order valence-electron chi connectivity index (χ1n) is 20.0. The van der Waals surface area contributed by atoms with E-state index in [1.165, 1.54) is 97.2 Å². The summed E-state index contributed by atoms with van der Waals surface area (Å²) in [5, 5.41) is 7.76. The molecule has 0 spiro atoms. The van der Waals surface area contributed by atoms with Gasteiger partial charge in [0.25, 0.3) is 0 Å². The van der Waals surface area contributed by atoms with Gasteiger partial charge >= 0.3 is 0 Å². The lowest BCUT2D eigenvalue weighted by Crippen LogP contribution is -2.28. The van der Waals surface area contributed by atoms with Crippen molar-refractivity contribution in [3.05, 3.63) is 229 Å². The second kappa shape index (κ2) is 11.9. The second-order valence-electron chi connectivity index (χ2n) is 15.6. The number of hydrogen-bond donors (Lipinski definition) is 0. The predicted molar refractivity (Wildman–Crippen MR) is 245 cm³/mol. The molecule has 0 saturated carbocycles. The molecular weight excluding hydrogens is 721 g/mol. The number of fused-ring (bicyclic) bond motifs is 13. The van der Waals surface area contributed by atoms with Crippen LogP contribution in [0.2, 0.25) is 0 Å². The van der Waals surface area contributed by atoms with E-state index in [-0.39, 0.29) is 0 Å². The van der Waals surface area contributed by atoms with E-state index in [0.29, 0.717) is 0 Å². The molecule has 0 aliphatic heterocycles. The smallest absolute Gasteiger partial charge is 0.0714 e. The van der Waals surface area contributed by atoms with Crippen LogP contribution in [0.3, 0.4) is 0 Å². The van der Waals surface area contributed by atoms with Crippen LogP contribution in [0.15, 0.2) is 206 Å². The average molecular weight is 755 g/mol. The van der Waals surface area contributed by atoms with Gasteiger partial charge in [-0.25, -0.2) is 0 Å². The Morgan fingerprint density at radius 3 is 1.74 bits per heavy atom. The Balaban J connectivity index is 1.14. The fourth-order valence-corrected chi connectivity index (χ4v) is 11.7. The molecule has 270 valence electrons. The first kappa shape index (κ1) is 31.9. The second-order valence-corrected chi connectivity index (χ2v) is 16.7. The highest BCUT2D eigenvalue weighted by Crippen LogP contribution is 2.56. The van der Waals surface area contributed by atoms with E-state index < -0.39 is 5.41 Å². The van der Waals surface area contributed by atoms with E-state index in [2.05, 4.69) is 215 Å². The third kappa shape index (κ3) is 4.16. The molecule has 0 fully saturated rings. The zero-order chi connectivity index (χ0) is 38.0. The van der Waals surface area contributed by atoms with Gasteiger partial charge < -0.3 is 9.13 Å². The lowest BCUT2D eigenvalue weighted by molar-refractivity contribution is 0.767. The monoisotopic (exact) mass is 754 g/mol. The Morgan fingerprint density at radius 2 is 0.948 bits per heavy atom. The van der Waals surface area contributed by atoms with Crippen molar-refractivity contribution in [3.8, 4) is 22.5 Å². The summed E-state index contributed by atoms with van der Waals surface area (Å²) in [7, 11) is 0. The standard InChI is InChI=1S/C55H34N2S/c1-3-16-35(17-4-1)55(46-26-11-7-22-39(46)40-23-8-12-27-47(40)55)36-18-15-21-38(32-36)57-48-28-13-9-24-41(48)44-33-45-51(34-50(44)57)56(37-19-5-2-6-20-37)49-31-30-43-42-25-10-14-29-52(42)58-54(43)53(45)49/h1-34H. The topological polar surface area (TPSA) is 9.86 Å². The highest BCUT2D eigenvalue weighted by molar-refractivity contribution is 7.26. The van der Waals surface area contributed by atoms with E-state index in [9.17, 15) is 0 Å². The van der Waals surface area contributed by atoms with Crippen LogP contribution in [0.5, 0.6) is 0 Å². The van der Waals surface area contributed by atoms with E-state index >= 15 is 0 Å². The van der Waals surface area contributed by atoms with E-state index in [4.69, 9.17) is 0 Å². The van der Waals surface area contributed by atoms with Crippen LogP contribution >= 0.6 is 11.3 Å². The van der Waals surface area contributed by atoms with E-state index in [1.807, 2.05) is 11.3 Å². The lowest BCUT2D eigenvalue weighted by atomic mass is 9.67. The first-order chi connectivity index (χ1) is 28.8. The Bertz CT molecular complexity index is 3580. The Labute approximate surface area is 339 Å². The van der Waals surface area contributed by atoms with Crippen molar-refractivity contribution in [2.45, 2.75) is 5.41 Å². The zero-order valence-corrected chi connectivity index (χ0v) is 32.2. The quantitative estimate of drug-likeness (QED) is 0.169. The van der Waals surface area contributed by atoms with Crippen LogP contribution in [0.4, 0.5) is 0 Å². The van der Waals surface area contributed by atoms with Crippen LogP contribution in [0, 0.1) is 0 Å². The molecule has 0 saturated heterocycles. The number of aromatic nitrogens is 2. The SMILES string of the molecule is c1ccc(-n2c3cc4c(cc3c3c5sc6ccccc6c5ccc32)c2ccccc2n4-c2cccc(C3(c4ccccc4)c4ccccc4-c4ccccc43)c2)cc1. The molecule has 0 amide bonds. The molecule has 0 bridgehead atoms. The number of rotatable bonds is 4. The van der Waals surface area contributed by atoms with Crippen molar-refractivity contribution in [2.24, 2.45) is 0 Å². The molecule has 9 aromatic carbocycles. The highest BCUT2D eigenvalue weighted by atomic mass is 32.1. The molecule has 3 heterocycles. The van der Waals surface area contributed by atoms with Crippen molar-refractivity contribution in [1.29, 1.82) is 0 Å². The first-order valence-corrected chi connectivity index (χ1v) is 20.8. The third-order valence-corrected chi connectivity index (χ3v) is 14.0. The molecule has 1 aliphatic carbocycles. The number of para-hydroxylation sites is 2. The van der Waals surface area contributed by atoms with Gasteiger partial charge in [0, 0.05) is 53.1 Å². The maximum atomic E-state index is 2.50. The molecule has 0 radical (unpaired) electrons. The fourth-order valence-electron chi connectivity index (χ4n) is 10.5. The Hall–Kier alpha value is -7.20. The Morgan fingerprint density at radius 1 is 0.345 bits per heavy atom. The summed E-state index contributed by atoms with van der Waals surface area (Å²) in [4.78, 5) is 0. The number of thiophene rings is 1. The predicted octanol–water partition coefficient (Wildman–Crippen LogP) is 14.6. The molecule has 13 rings (SSSR count). The van der Waals surface area contributed by atoms with Gasteiger partial charge in [0.1, 0.15) is 0 Å². The van der Waals surface area contributed by atoms with Gasteiger partial charge in [0.05, 0.1) is 27.5 Å². The minimum atomic E-state index is -0.480. The van der Waals surface area contributed by atoms with Crippen LogP contribution in [-0.2, 0) is 5.41 Å². The minimum Gasteiger partial charge on any atom is -0.309 e. The minimum absolute atomic E-state index is 0.480. The summed E-state index contributed by atoms with van der Waals surface area (Å²) in [6.45, 7) is 0. The van der Waals surface area contributed by atoms with Crippen molar-refractivity contribution < 1.29 is 0 Å². The molecule has 1 aliphatic rings. The van der Waals surface area contributed by atoms with Crippen LogP contribution in [-0.4, -0.2) is 9.13 Å². The molecule has 3 aromatic heterocycles. The highest BCUT2D eigenvalue weighted by Gasteiger charge is 2.46. The molecule has 0 atom stereocenters. The summed E-state index contributed by atoms with van der Waals surface area (Å²) in [5.74, 6) is 0. The van der Waals surface area contributed by atoms with Gasteiger partial charge in [0.15, 0.2) is 0 Å². The molecule has 12 aromatic rings. The van der Waals surface area contributed by atoms with Crippen LogP contribution in [0.25, 0.3) is 86.3 Å². The largest absolute Gasteiger partial charge is 0.309 e. The summed E-state index contributed by atoms with van der Waals surface area (Å²) in [5.41, 5.74) is 14.4. The zero-order valence-electron chi connectivity index (χ0n) is 31.4. The van der Waals surface area contributed by atoms with Crippen LogP contribution in [0.1, 0.15) is 22.3 Å². The molecule has 0 N–H and O–H groups in total. The molecular formula is C55H34N2S. The van der Waals surface area contributed by atoms with Gasteiger partial charge in [-0.2, -0.15) is 0 Å². The number of benzene rings is 9. The number of hydrogen-bond acceptors (Lipinski definition) is 1.